The predicted octanol–water partition coefficient (Wildman–Crippen LogP) is 0.677. The zero-order chi connectivity index (χ0) is 11.3. The highest BCUT2D eigenvalue weighted by atomic mass is 35.5. The number of nitrogens with one attached hydrogen (secondary N) is 1. The Labute approximate surface area is 93.2 Å². The van der Waals surface area contributed by atoms with Gasteiger partial charge in [0, 0.05) is 13.1 Å². The first-order valence-corrected chi connectivity index (χ1v) is 5.28. The van der Waals surface area contributed by atoms with Crippen molar-refractivity contribution in [2.45, 2.75) is 19.9 Å². The molecule has 0 amide bonds. The molecule has 5 nitrogen and oxygen atoms in total. The van der Waals surface area contributed by atoms with Crippen molar-refractivity contribution < 1.29 is 0 Å². The number of hydrogen-bond donors (Lipinski definition) is 2. The first-order chi connectivity index (χ1) is 7.20. The third-order valence-electron chi connectivity index (χ3n) is 1.98. The van der Waals surface area contributed by atoms with Crippen molar-refractivity contribution in [3.05, 3.63) is 21.6 Å². The number of nitrogens with zero attached hydrogens (tertiary/aromatic N) is 2. The number of halogens is 1. The fourth-order valence-corrected chi connectivity index (χ4v) is 1.35. The van der Waals surface area contributed by atoms with Gasteiger partial charge in [0.1, 0.15) is 5.02 Å². The Hall–Kier alpha value is -1.07. The molecule has 0 fully saturated rings. The summed E-state index contributed by atoms with van der Waals surface area (Å²) in [6.07, 6.45) is 2.39. The van der Waals surface area contributed by atoms with Crippen molar-refractivity contribution in [2.24, 2.45) is 5.73 Å². The molecule has 0 saturated heterocycles. The lowest BCUT2D eigenvalue weighted by Gasteiger charge is -2.08. The number of aryl methyl sites for hydroxylation is 1. The number of hydrogen-bond acceptors (Lipinski definition) is 4. The van der Waals surface area contributed by atoms with Gasteiger partial charge in [0.15, 0.2) is 0 Å². The average molecular weight is 231 g/mol. The molecule has 0 spiro atoms. The van der Waals surface area contributed by atoms with Crippen LogP contribution in [-0.2, 0) is 6.54 Å². The maximum absolute atomic E-state index is 11.6. The molecule has 0 aliphatic heterocycles. The van der Waals surface area contributed by atoms with Gasteiger partial charge in [0.2, 0.25) is 0 Å². The van der Waals surface area contributed by atoms with Crippen LogP contribution in [0.1, 0.15) is 13.3 Å². The molecule has 1 aromatic heterocycles. The van der Waals surface area contributed by atoms with Crippen LogP contribution in [0.4, 0.5) is 5.69 Å². The Balaban J connectivity index is 2.82. The highest BCUT2D eigenvalue weighted by Crippen LogP contribution is 2.14. The predicted molar refractivity (Wildman–Crippen MR) is 61.3 cm³/mol. The Morgan fingerprint density at radius 3 is 3.00 bits per heavy atom. The van der Waals surface area contributed by atoms with Crippen LogP contribution in [0, 0.1) is 0 Å². The maximum atomic E-state index is 11.6. The lowest BCUT2D eigenvalue weighted by atomic mass is 10.4. The molecule has 0 aliphatic rings. The lowest BCUT2D eigenvalue weighted by molar-refractivity contribution is 0.616. The van der Waals surface area contributed by atoms with Crippen LogP contribution >= 0.6 is 11.6 Å². The molecule has 0 radical (unpaired) electrons. The van der Waals surface area contributed by atoms with E-state index >= 15 is 0 Å². The van der Waals surface area contributed by atoms with Gasteiger partial charge in [0.25, 0.3) is 5.56 Å². The molecule has 15 heavy (non-hydrogen) atoms. The molecular formula is C9H15ClN4O. The van der Waals surface area contributed by atoms with E-state index in [1.54, 1.807) is 6.20 Å². The van der Waals surface area contributed by atoms with Gasteiger partial charge in [-0.05, 0) is 19.9 Å². The zero-order valence-electron chi connectivity index (χ0n) is 8.66. The third-order valence-corrected chi connectivity index (χ3v) is 2.35. The minimum Gasteiger partial charge on any atom is -0.382 e. The Morgan fingerprint density at radius 1 is 1.67 bits per heavy atom. The van der Waals surface area contributed by atoms with E-state index in [0.717, 1.165) is 6.42 Å². The van der Waals surface area contributed by atoms with Gasteiger partial charge in [-0.2, -0.15) is 5.10 Å². The highest BCUT2D eigenvalue weighted by Gasteiger charge is 2.07. The van der Waals surface area contributed by atoms with E-state index in [9.17, 15) is 4.79 Å². The van der Waals surface area contributed by atoms with E-state index in [4.69, 9.17) is 17.3 Å². The quantitative estimate of drug-likeness (QED) is 0.730. The fraction of sp³-hybridized carbons (Fsp3) is 0.556. The summed E-state index contributed by atoms with van der Waals surface area (Å²) in [4.78, 5) is 11.6. The van der Waals surface area contributed by atoms with Gasteiger partial charge in [-0.25, -0.2) is 4.68 Å². The zero-order valence-corrected chi connectivity index (χ0v) is 9.42. The van der Waals surface area contributed by atoms with Gasteiger partial charge in [0.05, 0.1) is 11.9 Å². The van der Waals surface area contributed by atoms with Crippen LogP contribution in [0.15, 0.2) is 11.0 Å². The summed E-state index contributed by atoms with van der Waals surface area (Å²) >= 11 is 5.89. The third kappa shape index (κ3) is 2.94. The molecule has 6 heteroatoms. The van der Waals surface area contributed by atoms with Crippen LogP contribution in [-0.4, -0.2) is 22.9 Å². The molecule has 0 atom stereocenters. The van der Waals surface area contributed by atoms with E-state index in [2.05, 4.69) is 10.4 Å². The summed E-state index contributed by atoms with van der Waals surface area (Å²) < 4.78 is 1.32. The Morgan fingerprint density at radius 2 is 2.40 bits per heavy atom. The van der Waals surface area contributed by atoms with Crippen LogP contribution in [0.2, 0.25) is 5.02 Å². The minimum atomic E-state index is -0.267. The van der Waals surface area contributed by atoms with Crippen molar-refractivity contribution in [1.82, 2.24) is 9.78 Å². The number of anilines is 1. The van der Waals surface area contributed by atoms with Crippen molar-refractivity contribution in [3.8, 4) is 0 Å². The van der Waals surface area contributed by atoms with E-state index in [1.807, 2.05) is 6.92 Å². The standard InChI is InChI=1S/C9H15ClN4O/c1-2-14-9(15)8(10)7(6-13-14)12-5-3-4-11/h6,12H,2-5,11H2,1H3. The monoisotopic (exact) mass is 230 g/mol. The van der Waals surface area contributed by atoms with E-state index in [1.165, 1.54) is 4.68 Å². The van der Waals surface area contributed by atoms with Gasteiger partial charge < -0.3 is 11.1 Å². The molecule has 0 unspecified atom stereocenters. The fourth-order valence-electron chi connectivity index (χ4n) is 1.14. The summed E-state index contributed by atoms with van der Waals surface area (Å²) in [5, 5.41) is 7.16. The molecule has 3 N–H and O–H groups in total. The largest absolute Gasteiger partial charge is 0.382 e. The van der Waals surface area contributed by atoms with Crippen LogP contribution in [0.5, 0.6) is 0 Å². The molecule has 0 saturated carbocycles. The van der Waals surface area contributed by atoms with Gasteiger partial charge in [-0.15, -0.1) is 0 Å². The molecule has 84 valence electrons. The van der Waals surface area contributed by atoms with Gasteiger partial charge in [-0.3, -0.25) is 4.79 Å². The molecule has 0 aliphatic carbocycles. The first kappa shape index (κ1) is 12.0. The number of rotatable bonds is 5. The van der Waals surface area contributed by atoms with Crippen molar-refractivity contribution in [2.75, 3.05) is 18.4 Å². The molecule has 1 aromatic rings. The number of nitrogens with two attached hydrogens (primary N) is 1. The second-order valence-electron chi connectivity index (χ2n) is 3.06. The topological polar surface area (TPSA) is 72.9 Å². The molecular weight excluding hydrogens is 216 g/mol. The molecule has 0 bridgehead atoms. The summed E-state index contributed by atoms with van der Waals surface area (Å²) in [7, 11) is 0. The summed E-state index contributed by atoms with van der Waals surface area (Å²) in [5.74, 6) is 0. The van der Waals surface area contributed by atoms with E-state index in [0.29, 0.717) is 25.3 Å². The smallest absolute Gasteiger partial charge is 0.287 e. The van der Waals surface area contributed by atoms with Crippen molar-refractivity contribution >= 4 is 17.3 Å². The Bertz CT molecular complexity index is 377. The minimum absolute atomic E-state index is 0.184. The maximum Gasteiger partial charge on any atom is 0.287 e. The van der Waals surface area contributed by atoms with E-state index in [-0.39, 0.29) is 10.6 Å². The first-order valence-electron chi connectivity index (χ1n) is 4.90. The molecule has 0 aromatic carbocycles. The van der Waals surface area contributed by atoms with Gasteiger partial charge >= 0.3 is 0 Å². The summed E-state index contributed by atoms with van der Waals surface area (Å²) in [6, 6.07) is 0. The SMILES string of the molecule is CCn1ncc(NCCCN)c(Cl)c1=O. The summed E-state index contributed by atoms with van der Waals surface area (Å²) in [6.45, 7) is 3.64. The van der Waals surface area contributed by atoms with Crippen molar-refractivity contribution in [1.29, 1.82) is 0 Å². The second-order valence-corrected chi connectivity index (χ2v) is 3.44. The average Bonchev–Trinajstić information content (AvgIpc) is 2.25. The van der Waals surface area contributed by atoms with Gasteiger partial charge in [-0.1, -0.05) is 11.6 Å². The van der Waals surface area contributed by atoms with Crippen LogP contribution in [0.25, 0.3) is 0 Å². The highest BCUT2D eigenvalue weighted by molar-refractivity contribution is 6.32. The number of aromatic nitrogens is 2. The lowest BCUT2D eigenvalue weighted by Crippen LogP contribution is -2.23. The van der Waals surface area contributed by atoms with E-state index < -0.39 is 0 Å². The normalized spacial score (nSPS) is 10.3. The van der Waals surface area contributed by atoms with Crippen molar-refractivity contribution in [3.63, 3.8) is 0 Å². The van der Waals surface area contributed by atoms with Crippen LogP contribution in [0.3, 0.4) is 0 Å². The molecule has 1 rings (SSSR count). The second kappa shape index (κ2) is 5.72. The molecule has 1 heterocycles. The Kier molecular flexibility index (Phi) is 4.58. The summed E-state index contributed by atoms with van der Waals surface area (Å²) in [5.41, 5.74) is 5.65. The van der Waals surface area contributed by atoms with Crippen LogP contribution < -0.4 is 16.6 Å².